The van der Waals surface area contributed by atoms with Gasteiger partial charge >= 0.3 is 0 Å². The van der Waals surface area contributed by atoms with Gasteiger partial charge < -0.3 is 16.6 Å². The van der Waals surface area contributed by atoms with Gasteiger partial charge in [-0.2, -0.15) is 0 Å². The zero-order valence-corrected chi connectivity index (χ0v) is 6.96. The van der Waals surface area contributed by atoms with Crippen molar-refractivity contribution in [2.45, 2.75) is 32.9 Å². The number of hydrogen-bond acceptors (Lipinski definition) is 3. The molecule has 5 N–H and O–H groups in total. The Kier molecular flexibility index (Phi) is 3.28. The molecule has 2 unspecified atom stereocenters. The van der Waals surface area contributed by atoms with Crippen LogP contribution in [0.4, 0.5) is 0 Å². The average molecular weight is 146 g/mol. The molecule has 0 aromatic carbocycles. The summed E-state index contributed by atoms with van der Waals surface area (Å²) in [6, 6.07) is -0.132. The fraction of sp³-hybridized carbons (Fsp3) is 1.00. The molecule has 0 spiro atoms. The molecule has 0 fully saturated rings. The van der Waals surface area contributed by atoms with Crippen molar-refractivity contribution in [1.82, 2.24) is 0 Å². The number of nitrogens with two attached hydrogens (primary N) is 2. The molecule has 3 nitrogen and oxygen atoms in total. The predicted octanol–water partition coefficient (Wildman–Crippen LogP) is -0.321. The zero-order chi connectivity index (χ0) is 8.36. The molecule has 0 saturated carbocycles. The van der Waals surface area contributed by atoms with Crippen molar-refractivity contribution in [3.8, 4) is 0 Å². The van der Waals surface area contributed by atoms with E-state index in [-0.39, 0.29) is 11.5 Å². The average Bonchev–Trinajstić information content (AvgIpc) is 1.86. The van der Waals surface area contributed by atoms with Crippen LogP contribution in [-0.4, -0.2) is 23.8 Å². The minimum Gasteiger partial charge on any atom is -0.393 e. The third kappa shape index (κ3) is 1.94. The molecule has 10 heavy (non-hydrogen) atoms. The highest BCUT2D eigenvalue weighted by atomic mass is 16.3. The summed E-state index contributed by atoms with van der Waals surface area (Å²) in [7, 11) is 0. The van der Waals surface area contributed by atoms with Crippen molar-refractivity contribution in [3.05, 3.63) is 0 Å². The Morgan fingerprint density at radius 3 is 2.00 bits per heavy atom. The topological polar surface area (TPSA) is 72.3 Å². The minimum absolute atomic E-state index is 0.132. The van der Waals surface area contributed by atoms with E-state index in [4.69, 9.17) is 11.5 Å². The number of hydrogen-bond donors (Lipinski definition) is 3. The fourth-order valence-electron chi connectivity index (χ4n) is 0.614. The van der Waals surface area contributed by atoms with E-state index in [0.717, 1.165) is 0 Å². The third-order valence-electron chi connectivity index (χ3n) is 2.29. The second-order valence-corrected chi connectivity index (χ2v) is 3.34. The first-order valence-electron chi connectivity index (χ1n) is 3.56. The van der Waals surface area contributed by atoms with Crippen LogP contribution in [0.15, 0.2) is 0 Å². The lowest BCUT2D eigenvalue weighted by atomic mass is 9.80. The molecule has 0 amide bonds. The van der Waals surface area contributed by atoms with E-state index in [0.29, 0.717) is 6.54 Å². The second-order valence-electron chi connectivity index (χ2n) is 3.34. The lowest BCUT2D eigenvalue weighted by Crippen LogP contribution is -2.48. The normalized spacial score (nSPS) is 18.6. The van der Waals surface area contributed by atoms with Crippen molar-refractivity contribution >= 4 is 0 Å². The van der Waals surface area contributed by atoms with Gasteiger partial charge in [-0.15, -0.1) is 0 Å². The molecule has 0 saturated heterocycles. The SMILES string of the molecule is CC(O)C(C)(C)C(N)CN. The largest absolute Gasteiger partial charge is 0.393 e. The molecule has 2 atom stereocenters. The molecule has 0 rings (SSSR count). The van der Waals surface area contributed by atoms with E-state index < -0.39 is 6.10 Å². The van der Waals surface area contributed by atoms with Gasteiger partial charge in [0.25, 0.3) is 0 Å². The Bertz CT molecular complexity index is 102. The van der Waals surface area contributed by atoms with Crippen LogP contribution in [0.2, 0.25) is 0 Å². The maximum Gasteiger partial charge on any atom is 0.0578 e. The van der Waals surface area contributed by atoms with Crippen LogP contribution < -0.4 is 11.5 Å². The van der Waals surface area contributed by atoms with Gasteiger partial charge in [0.1, 0.15) is 0 Å². The molecule has 0 aliphatic rings. The number of aliphatic hydroxyl groups is 1. The summed E-state index contributed by atoms with van der Waals surface area (Å²) < 4.78 is 0. The van der Waals surface area contributed by atoms with Gasteiger partial charge in [-0.3, -0.25) is 0 Å². The minimum atomic E-state index is -0.411. The van der Waals surface area contributed by atoms with Gasteiger partial charge in [-0.05, 0) is 6.92 Å². The number of rotatable bonds is 3. The first kappa shape index (κ1) is 9.88. The molecule has 0 aliphatic carbocycles. The van der Waals surface area contributed by atoms with E-state index in [9.17, 15) is 5.11 Å². The maximum absolute atomic E-state index is 9.25. The summed E-state index contributed by atoms with van der Waals surface area (Å²) >= 11 is 0. The number of aliphatic hydroxyl groups excluding tert-OH is 1. The van der Waals surface area contributed by atoms with Crippen LogP contribution in [0.5, 0.6) is 0 Å². The van der Waals surface area contributed by atoms with Crippen LogP contribution in [-0.2, 0) is 0 Å². The van der Waals surface area contributed by atoms with Crippen LogP contribution >= 0.6 is 0 Å². The van der Waals surface area contributed by atoms with Crippen molar-refractivity contribution in [2.24, 2.45) is 16.9 Å². The van der Waals surface area contributed by atoms with E-state index >= 15 is 0 Å². The van der Waals surface area contributed by atoms with Crippen LogP contribution in [0, 0.1) is 5.41 Å². The summed E-state index contributed by atoms with van der Waals surface area (Å²) in [5, 5.41) is 9.25. The van der Waals surface area contributed by atoms with E-state index in [1.54, 1.807) is 6.92 Å². The Hall–Kier alpha value is -0.120. The van der Waals surface area contributed by atoms with Crippen molar-refractivity contribution < 1.29 is 5.11 Å². The molecule has 0 aromatic rings. The Labute approximate surface area is 62.4 Å². The van der Waals surface area contributed by atoms with E-state index in [2.05, 4.69) is 0 Å². The summed E-state index contributed by atoms with van der Waals surface area (Å²) in [5.41, 5.74) is 10.7. The van der Waals surface area contributed by atoms with Crippen molar-refractivity contribution in [3.63, 3.8) is 0 Å². The quantitative estimate of drug-likeness (QED) is 0.511. The molecule has 0 bridgehead atoms. The second kappa shape index (κ2) is 3.32. The molecule has 3 heteroatoms. The summed E-state index contributed by atoms with van der Waals surface area (Å²) in [5.74, 6) is 0. The summed E-state index contributed by atoms with van der Waals surface area (Å²) in [4.78, 5) is 0. The van der Waals surface area contributed by atoms with Gasteiger partial charge in [0.2, 0.25) is 0 Å². The van der Waals surface area contributed by atoms with Gasteiger partial charge in [-0.25, -0.2) is 0 Å². The van der Waals surface area contributed by atoms with Crippen molar-refractivity contribution in [2.75, 3.05) is 6.54 Å². The van der Waals surface area contributed by atoms with Gasteiger partial charge in [0.05, 0.1) is 6.10 Å². The molecule has 62 valence electrons. The summed E-state index contributed by atoms with van der Waals surface area (Å²) in [6.07, 6.45) is -0.411. The van der Waals surface area contributed by atoms with E-state index in [1.165, 1.54) is 0 Å². The molecule has 0 aromatic heterocycles. The molecular weight excluding hydrogens is 128 g/mol. The molecular formula is C7H18N2O. The lowest BCUT2D eigenvalue weighted by molar-refractivity contribution is 0.0485. The first-order chi connectivity index (χ1) is 4.42. The summed E-state index contributed by atoms with van der Waals surface area (Å²) in [6.45, 7) is 5.97. The monoisotopic (exact) mass is 146 g/mol. The van der Waals surface area contributed by atoms with Gasteiger partial charge in [-0.1, -0.05) is 13.8 Å². The van der Waals surface area contributed by atoms with Gasteiger partial charge in [0.15, 0.2) is 0 Å². The molecule has 0 heterocycles. The Morgan fingerprint density at radius 1 is 1.50 bits per heavy atom. The third-order valence-corrected chi connectivity index (χ3v) is 2.29. The zero-order valence-electron chi connectivity index (χ0n) is 6.96. The highest BCUT2D eigenvalue weighted by Crippen LogP contribution is 2.22. The first-order valence-corrected chi connectivity index (χ1v) is 3.56. The Balaban J connectivity index is 4.09. The fourth-order valence-corrected chi connectivity index (χ4v) is 0.614. The highest BCUT2D eigenvalue weighted by molar-refractivity contribution is 4.85. The Morgan fingerprint density at radius 2 is 1.90 bits per heavy atom. The predicted molar refractivity (Wildman–Crippen MR) is 42.5 cm³/mol. The van der Waals surface area contributed by atoms with Gasteiger partial charge in [0, 0.05) is 18.0 Å². The maximum atomic E-state index is 9.25. The molecule has 0 radical (unpaired) electrons. The van der Waals surface area contributed by atoms with Crippen LogP contribution in [0.3, 0.4) is 0 Å². The lowest BCUT2D eigenvalue weighted by Gasteiger charge is -2.33. The smallest absolute Gasteiger partial charge is 0.0578 e. The highest BCUT2D eigenvalue weighted by Gasteiger charge is 2.30. The van der Waals surface area contributed by atoms with Crippen LogP contribution in [0.1, 0.15) is 20.8 Å². The molecule has 0 aliphatic heterocycles. The standard InChI is InChI=1S/C7H18N2O/c1-5(10)7(2,3)6(9)4-8/h5-6,10H,4,8-9H2,1-3H3. The van der Waals surface area contributed by atoms with Crippen molar-refractivity contribution in [1.29, 1.82) is 0 Å². The van der Waals surface area contributed by atoms with Crippen LogP contribution in [0.25, 0.3) is 0 Å². The van der Waals surface area contributed by atoms with E-state index in [1.807, 2.05) is 13.8 Å².